The highest BCUT2D eigenvalue weighted by atomic mass is 16.5. The highest BCUT2D eigenvalue weighted by Crippen LogP contribution is 2.42. The molecule has 4 bridgehead atoms. The average molecular weight is 511 g/mol. The summed E-state index contributed by atoms with van der Waals surface area (Å²) in [6, 6.07) is 10.3. The summed E-state index contributed by atoms with van der Waals surface area (Å²) in [4.78, 5) is 40.2. The van der Waals surface area contributed by atoms with Crippen LogP contribution in [0.2, 0.25) is 0 Å². The standard InChI is InChI=1S/C29H38N2O6/c1-28(2,3)24-25(32)31-18-29(36-4,17-23(31)26(33)34)21-15-19(22-13-9-8-12-20(22)16-21)11-7-5-6-10-14-37-27(35)30-24/h8-9,12-13,15-16,23-24H,5-7,10-11,14,17-18H2,1-4H3,(H,30,35)(H,33,34)/t23-,24+,29-/m0/s1. The summed E-state index contributed by atoms with van der Waals surface area (Å²) in [5.74, 6) is -1.56. The zero-order valence-corrected chi connectivity index (χ0v) is 22.2. The van der Waals surface area contributed by atoms with E-state index in [-0.39, 0.29) is 19.6 Å². The lowest BCUT2D eigenvalue weighted by atomic mass is 9.85. The van der Waals surface area contributed by atoms with Gasteiger partial charge in [0.15, 0.2) is 0 Å². The Kier molecular flexibility index (Phi) is 7.78. The minimum Gasteiger partial charge on any atom is -0.480 e. The van der Waals surface area contributed by atoms with Crippen molar-refractivity contribution in [2.24, 2.45) is 5.41 Å². The van der Waals surface area contributed by atoms with Crippen LogP contribution in [0.5, 0.6) is 0 Å². The maximum absolute atomic E-state index is 13.9. The number of hydrogen-bond donors (Lipinski definition) is 2. The molecule has 0 unspecified atom stereocenters. The van der Waals surface area contributed by atoms with Gasteiger partial charge in [-0.25, -0.2) is 9.59 Å². The Balaban J connectivity index is 1.83. The fourth-order valence-electron chi connectivity index (χ4n) is 5.57. The predicted octanol–water partition coefficient (Wildman–Crippen LogP) is 4.62. The second-order valence-electron chi connectivity index (χ2n) is 11.3. The Labute approximate surface area is 218 Å². The molecule has 2 heterocycles. The minimum atomic E-state index is -1.10. The number of carboxylic acid groups (broad SMARTS) is 1. The van der Waals surface area contributed by atoms with Crippen LogP contribution in [-0.4, -0.2) is 60.3 Å². The number of carbonyl (C=O) groups is 3. The molecule has 2 aliphatic rings. The number of carboxylic acids is 1. The molecule has 37 heavy (non-hydrogen) atoms. The van der Waals surface area contributed by atoms with Crippen molar-refractivity contribution in [2.45, 2.75) is 77.0 Å². The molecular weight excluding hydrogens is 472 g/mol. The van der Waals surface area contributed by atoms with Gasteiger partial charge in [-0.3, -0.25) is 4.79 Å². The van der Waals surface area contributed by atoms with Gasteiger partial charge in [-0.05, 0) is 52.6 Å². The first-order chi connectivity index (χ1) is 17.6. The van der Waals surface area contributed by atoms with Gasteiger partial charge in [-0.2, -0.15) is 0 Å². The summed E-state index contributed by atoms with van der Waals surface area (Å²) in [5.41, 5.74) is 0.394. The Bertz CT molecular complexity index is 1170. The van der Waals surface area contributed by atoms with E-state index in [0.29, 0.717) is 0 Å². The normalized spacial score (nSPS) is 25.9. The lowest BCUT2D eigenvalue weighted by molar-refractivity contribution is -0.150. The number of ether oxygens (including phenoxy) is 2. The molecular formula is C29H38N2O6. The van der Waals surface area contributed by atoms with Gasteiger partial charge in [-0.1, -0.05) is 63.9 Å². The van der Waals surface area contributed by atoms with Crippen molar-refractivity contribution < 1.29 is 29.0 Å². The van der Waals surface area contributed by atoms with E-state index in [4.69, 9.17) is 9.47 Å². The fourth-order valence-corrected chi connectivity index (χ4v) is 5.57. The van der Waals surface area contributed by atoms with Gasteiger partial charge in [0.2, 0.25) is 5.91 Å². The molecule has 2 aliphatic heterocycles. The van der Waals surface area contributed by atoms with Gasteiger partial charge >= 0.3 is 12.1 Å². The molecule has 8 nitrogen and oxygen atoms in total. The zero-order valence-electron chi connectivity index (χ0n) is 22.2. The molecule has 0 radical (unpaired) electrons. The summed E-state index contributed by atoms with van der Waals surface area (Å²) in [6.07, 6.45) is 3.96. The summed E-state index contributed by atoms with van der Waals surface area (Å²) >= 11 is 0. The number of alkyl carbamates (subject to hydrolysis) is 1. The topological polar surface area (TPSA) is 105 Å². The van der Waals surface area contributed by atoms with Crippen molar-refractivity contribution in [3.05, 3.63) is 47.5 Å². The van der Waals surface area contributed by atoms with Gasteiger partial charge < -0.3 is 24.8 Å². The molecule has 200 valence electrons. The molecule has 0 aliphatic carbocycles. The molecule has 2 aromatic rings. The lowest BCUT2D eigenvalue weighted by Crippen LogP contribution is -2.57. The number of rotatable bonds is 2. The van der Waals surface area contributed by atoms with Gasteiger partial charge in [0, 0.05) is 13.5 Å². The summed E-state index contributed by atoms with van der Waals surface area (Å²) in [7, 11) is 1.57. The number of carbonyl (C=O) groups excluding carboxylic acids is 2. The number of amides is 2. The van der Waals surface area contributed by atoms with E-state index in [0.717, 1.165) is 43.1 Å². The summed E-state index contributed by atoms with van der Waals surface area (Å²) in [6.45, 7) is 5.85. The van der Waals surface area contributed by atoms with Crippen LogP contribution in [0.25, 0.3) is 10.8 Å². The van der Waals surface area contributed by atoms with Crippen LogP contribution in [0.4, 0.5) is 4.79 Å². The molecule has 0 saturated carbocycles. The van der Waals surface area contributed by atoms with Crippen molar-refractivity contribution in [1.29, 1.82) is 0 Å². The second kappa shape index (κ2) is 10.7. The maximum atomic E-state index is 13.9. The van der Waals surface area contributed by atoms with Crippen LogP contribution >= 0.6 is 0 Å². The van der Waals surface area contributed by atoms with E-state index in [1.54, 1.807) is 7.11 Å². The Morgan fingerprint density at radius 2 is 1.86 bits per heavy atom. The van der Waals surface area contributed by atoms with E-state index in [9.17, 15) is 19.5 Å². The number of nitrogens with zero attached hydrogens (tertiary/aromatic N) is 1. The van der Waals surface area contributed by atoms with Crippen LogP contribution in [0.15, 0.2) is 36.4 Å². The number of aliphatic carboxylic acids is 1. The number of hydrogen-bond acceptors (Lipinski definition) is 5. The van der Waals surface area contributed by atoms with Crippen LogP contribution < -0.4 is 5.32 Å². The molecule has 0 spiro atoms. The maximum Gasteiger partial charge on any atom is 0.407 e. The van der Waals surface area contributed by atoms with Crippen molar-refractivity contribution in [2.75, 3.05) is 20.3 Å². The number of benzene rings is 2. The molecule has 2 N–H and O–H groups in total. The smallest absolute Gasteiger partial charge is 0.407 e. The van der Waals surface area contributed by atoms with Crippen molar-refractivity contribution in [3.63, 3.8) is 0 Å². The Hall–Kier alpha value is -3.13. The minimum absolute atomic E-state index is 0.0698. The second-order valence-corrected chi connectivity index (χ2v) is 11.3. The highest BCUT2D eigenvalue weighted by Gasteiger charge is 2.52. The van der Waals surface area contributed by atoms with E-state index < -0.39 is 41.1 Å². The molecule has 3 atom stereocenters. The average Bonchev–Trinajstić information content (AvgIpc) is 3.27. The molecule has 2 amide bonds. The zero-order chi connectivity index (χ0) is 26.8. The number of nitrogens with one attached hydrogen (secondary N) is 1. The van der Waals surface area contributed by atoms with E-state index in [1.165, 1.54) is 15.8 Å². The molecule has 4 rings (SSSR count). The van der Waals surface area contributed by atoms with E-state index in [2.05, 4.69) is 29.6 Å². The van der Waals surface area contributed by atoms with Crippen LogP contribution in [0.3, 0.4) is 0 Å². The number of cyclic esters (lactones) is 1. The van der Waals surface area contributed by atoms with Crippen molar-refractivity contribution in [1.82, 2.24) is 10.2 Å². The monoisotopic (exact) mass is 510 g/mol. The van der Waals surface area contributed by atoms with Gasteiger partial charge in [0.25, 0.3) is 0 Å². The molecule has 2 aromatic carbocycles. The lowest BCUT2D eigenvalue weighted by Gasteiger charge is -2.35. The largest absolute Gasteiger partial charge is 0.480 e. The molecule has 0 aromatic heterocycles. The number of methoxy groups -OCH3 is 1. The van der Waals surface area contributed by atoms with Gasteiger partial charge in [-0.15, -0.1) is 0 Å². The summed E-state index contributed by atoms with van der Waals surface area (Å²) in [5, 5.41) is 15.1. The number of fused-ring (bicyclic) bond motifs is 7. The Morgan fingerprint density at radius 3 is 2.57 bits per heavy atom. The first-order valence-corrected chi connectivity index (χ1v) is 13.1. The first kappa shape index (κ1) is 26.9. The van der Waals surface area contributed by atoms with Crippen molar-refractivity contribution >= 4 is 28.7 Å². The van der Waals surface area contributed by atoms with E-state index in [1.807, 2.05) is 32.9 Å². The van der Waals surface area contributed by atoms with Crippen LogP contribution in [-0.2, 0) is 31.1 Å². The van der Waals surface area contributed by atoms with E-state index >= 15 is 0 Å². The third kappa shape index (κ3) is 5.59. The quantitative estimate of drug-likeness (QED) is 0.611. The highest BCUT2D eigenvalue weighted by molar-refractivity contribution is 5.91. The predicted molar refractivity (Wildman–Crippen MR) is 140 cm³/mol. The SMILES string of the molecule is CO[C@@]12C[C@@H](C(=O)O)N(C1)C(=O)[C@H](C(C)(C)C)NC(=O)OCCCCCCc1cc2cc2ccccc12. The third-order valence-electron chi connectivity index (χ3n) is 7.71. The van der Waals surface area contributed by atoms with Crippen LogP contribution in [0, 0.1) is 5.41 Å². The van der Waals surface area contributed by atoms with Crippen LogP contribution in [0.1, 0.15) is 64.0 Å². The fraction of sp³-hybridized carbons (Fsp3) is 0.552. The first-order valence-electron chi connectivity index (χ1n) is 13.1. The van der Waals surface area contributed by atoms with Gasteiger partial charge in [0.05, 0.1) is 13.2 Å². The molecule has 8 heteroatoms. The molecule has 1 saturated heterocycles. The van der Waals surface area contributed by atoms with Gasteiger partial charge in [0.1, 0.15) is 17.7 Å². The third-order valence-corrected chi connectivity index (χ3v) is 7.71. The Morgan fingerprint density at radius 1 is 1.14 bits per heavy atom. The molecule has 1 fully saturated rings. The van der Waals surface area contributed by atoms with Crippen molar-refractivity contribution in [3.8, 4) is 0 Å². The number of aryl methyl sites for hydroxylation is 1. The summed E-state index contributed by atoms with van der Waals surface area (Å²) < 4.78 is 11.5.